The molecular formula is C17H14ClF4N5O. The van der Waals surface area contributed by atoms with E-state index in [-0.39, 0.29) is 17.3 Å². The third-order valence-electron chi connectivity index (χ3n) is 4.06. The molecule has 2 heterocycles. The van der Waals surface area contributed by atoms with E-state index >= 15 is 0 Å². The summed E-state index contributed by atoms with van der Waals surface area (Å²) in [7, 11) is 0. The topological polar surface area (TPSA) is 64.7 Å². The summed E-state index contributed by atoms with van der Waals surface area (Å²) in [6, 6.07) is 5.66. The minimum atomic E-state index is -4.71. The molecule has 11 heteroatoms. The first-order valence-corrected chi connectivity index (χ1v) is 8.35. The van der Waals surface area contributed by atoms with Crippen molar-refractivity contribution in [1.29, 1.82) is 0 Å². The van der Waals surface area contributed by atoms with E-state index in [4.69, 9.17) is 11.6 Å². The zero-order chi connectivity index (χ0) is 20.6. The maximum Gasteiger partial charge on any atom is 0.436 e. The summed E-state index contributed by atoms with van der Waals surface area (Å²) in [6.07, 6.45) is -3.27. The normalized spacial score (nSPS) is 11.7. The smallest absolute Gasteiger partial charge is 0.308 e. The highest BCUT2D eigenvalue weighted by atomic mass is 35.5. The van der Waals surface area contributed by atoms with Crippen LogP contribution in [0.1, 0.15) is 17.1 Å². The molecule has 0 radical (unpaired) electrons. The summed E-state index contributed by atoms with van der Waals surface area (Å²) in [5.41, 5.74) is -0.0171. The highest BCUT2D eigenvalue weighted by Crippen LogP contribution is 2.35. The van der Waals surface area contributed by atoms with Crippen LogP contribution in [0, 0.1) is 19.7 Å². The van der Waals surface area contributed by atoms with E-state index in [1.54, 1.807) is 23.6 Å². The Bertz CT molecular complexity index is 1020. The van der Waals surface area contributed by atoms with Gasteiger partial charge in [0, 0.05) is 5.69 Å². The number of hydrogen-bond acceptors (Lipinski definition) is 3. The molecule has 1 amide bonds. The monoisotopic (exact) mass is 415 g/mol. The zero-order valence-electron chi connectivity index (χ0n) is 14.7. The van der Waals surface area contributed by atoms with Crippen LogP contribution in [0.4, 0.5) is 23.4 Å². The SMILES string of the molecule is Cc1c(NC(=O)Cn2nc(C(F)(F)F)c(Cl)c2C)ncn1-c1ccc(F)cc1. The molecule has 3 aromatic rings. The number of carbonyl (C=O) groups is 1. The Morgan fingerprint density at radius 2 is 1.82 bits per heavy atom. The van der Waals surface area contributed by atoms with Gasteiger partial charge in [0.05, 0.1) is 16.4 Å². The van der Waals surface area contributed by atoms with Gasteiger partial charge in [0.15, 0.2) is 11.5 Å². The number of carbonyl (C=O) groups excluding carboxylic acids is 1. The molecule has 0 bridgehead atoms. The van der Waals surface area contributed by atoms with Crippen molar-refractivity contribution in [2.75, 3.05) is 5.32 Å². The molecule has 1 aromatic carbocycles. The van der Waals surface area contributed by atoms with Crippen molar-refractivity contribution < 1.29 is 22.4 Å². The Morgan fingerprint density at radius 3 is 2.39 bits per heavy atom. The molecule has 0 aliphatic heterocycles. The number of alkyl halides is 3. The van der Waals surface area contributed by atoms with E-state index in [1.165, 1.54) is 25.4 Å². The fourth-order valence-corrected chi connectivity index (χ4v) is 2.80. The second-order valence-corrected chi connectivity index (χ2v) is 6.35. The molecule has 0 spiro atoms. The lowest BCUT2D eigenvalue weighted by Crippen LogP contribution is -2.21. The fraction of sp³-hybridized carbons (Fsp3) is 0.235. The van der Waals surface area contributed by atoms with Gasteiger partial charge in [-0.05, 0) is 38.1 Å². The number of nitrogens with one attached hydrogen (secondary N) is 1. The molecule has 0 aliphatic carbocycles. The number of rotatable bonds is 4. The van der Waals surface area contributed by atoms with Crippen molar-refractivity contribution in [1.82, 2.24) is 19.3 Å². The van der Waals surface area contributed by atoms with Crippen LogP contribution >= 0.6 is 11.6 Å². The van der Waals surface area contributed by atoms with Crippen LogP contribution in [0.25, 0.3) is 5.69 Å². The lowest BCUT2D eigenvalue weighted by atomic mass is 10.3. The Hall–Kier alpha value is -2.88. The van der Waals surface area contributed by atoms with Crippen LogP contribution in [-0.4, -0.2) is 25.2 Å². The second kappa shape index (κ2) is 7.27. The van der Waals surface area contributed by atoms with Gasteiger partial charge >= 0.3 is 6.18 Å². The number of hydrogen-bond donors (Lipinski definition) is 1. The highest BCUT2D eigenvalue weighted by Gasteiger charge is 2.38. The predicted octanol–water partition coefficient (Wildman–Crippen LogP) is 4.14. The van der Waals surface area contributed by atoms with Gasteiger partial charge in [-0.25, -0.2) is 9.37 Å². The lowest BCUT2D eigenvalue weighted by Gasteiger charge is -2.08. The molecule has 0 aliphatic rings. The summed E-state index contributed by atoms with van der Waals surface area (Å²) < 4.78 is 54.2. The molecule has 0 atom stereocenters. The molecule has 6 nitrogen and oxygen atoms in total. The standard InChI is InChI=1S/C17H14ClF4N5O/c1-9-14(18)15(17(20,21)22)25-27(9)7-13(28)24-16-10(2)26(8-23-16)12-5-3-11(19)4-6-12/h3-6,8H,7H2,1-2H3,(H,24,28). The fourth-order valence-electron chi connectivity index (χ4n) is 2.56. The van der Waals surface area contributed by atoms with Gasteiger partial charge in [0.2, 0.25) is 5.91 Å². The van der Waals surface area contributed by atoms with Crippen LogP contribution < -0.4 is 5.32 Å². The number of amides is 1. The van der Waals surface area contributed by atoms with Crippen LogP contribution in [-0.2, 0) is 17.5 Å². The van der Waals surface area contributed by atoms with Crippen LogP contribution in [0.3, 0.4) is 0 Å². The number of halogens is 5. The van der Waals surface area contributed by atoms with E-state index in [0.717, 1.165) is 4.68 Å². The minimum absolute atomic E-state index is 0.0257. The maximum absolute atomic E-state index is 13.1. The van der Waals surface area contributed by atoms with Gasteiger partial charge in [0.1, 0.15) is 18.7 Å². The quantitative estimate of drug-likeness (QED) is 0.651. The van der Waals surface area contributed by atoms with Gasteiger partial charge in [-0.15, -0.1) is 0 Å². The van der Waals surface area contributed by atoms with Crippen molar-refractivity contribution in [2.45, 2.75) is 26.6 Å². The number of nitrogens with zero attached hydrogens (tertiary/aromatic N) is 4. The summed E-state index contributed by atoms with van der Waals surface area (Å²) in [5.74, 6) is -0.786. The van der Waals surface area contributed by atoms with E-state index in [1.807, 2.05) is 0 Å². The first-order chi connectivity index (χ1) is 13.1. The van der Waals surface area contributed by atoms with Gasteiger partial charge in [-0.1, -0.05) is 11.6 Å². The Morgan fingerprint density at radius 1 is 1.18 bits per heavy atom. The van der Waals surface area contributed by atoms with Crippen molar-refractivity contribution in [3.05, 3.63) is 58.5 Å². The largest absolute Gasteiger partial charge is 0.436 e. The molecule has 1 N–H and O–H groups in total. The number of imidazole rings is 1. The summed E-state index contributed by atoms with van der Waals surface area (Å²) in [6.45, 7) is 2.56. The van der Waals surface area contributed by atoms with Crippen molar-refractivity contribution in [3.8, 4) is 5.69 Å². The highest BCUT2D eigenvalue weighted by molar-refractivity contribution is 6.32. The predicted molar refractivity (Wildman–Crippen MR) is 93.9 cm³/mol. The number of aromatic nitrogens is 4. The summed E-state index contributed by atoms with van der Waals surface area (Å²) in [4.78, 5) is 16.3. The molecule has 0 unspecified atom stereocenters. The number of benzene rings is 1. The summed E-state index contributed by atoms with van der Waals surface area (Å²) >= 11 is 5.67. The van der Waals surface area contributed by atoms with Crippen molar-refractivity contribution in [2.24, 2.45) is 0 Å². The first kappa shape index (κ1) is 19.9. The third-order valence-corrected chi connectivity index (χ3v) is 4.52. The maximum atomic E-state index is 13.1. The molecule has 28 heavy (non-hydrogen) atoms. The Kier molecular flexibility index (Phi) is 5.16. The Balaban J connectivity index is 1.77. The van der Waals surface area contributed by atoms with Crippen LogP contribution in [0.5, 0.6) is 0 Å². The zero-order valence-corrected chi connectivity index (χ0v) is 15.4. The summed E-state index contributed by atoms with van der Waals surface area (Å²) in [5, 5.41) is 5.36. The molecule has 148 valence electrons. The third kappa shape index (κ3) is 3.86. The minimum Gasteiger partial charge on any atom is -0.308 e. The van der Waals surface area contributed by atoms with E-state index in [2.05, 4.69) is 15.4 Å². The molecule has 2 aromatic heterocycles. The van der Waals surface area contributed by atoms with Gasteiger partial charge in [-0.2, -0.15) is 18.3 Å². The number of anilines is 1. The second-order valence-electron chi connectivity index (χ2n) is 5.98. The molecule has 3 rings (SSSR count). The first-order valence-electron chi connectivity index (χ1n) is 7.97. The molecule has 0 saturated heterocycles. The Labute approximate surface area is 161 Å². The van der Waals surface area contributed by atoms with E-state index in [9.17, 15) is 22.4 Å². The average Bonchev–Trinajstić information content (AvgIpc) is 3.10. The van der Waals surface area contributed by atoms with Gasteiger partial charge in [0.25, 0.3) is 0 Å². The van der Waals surface area contributed by atoms with E-state index < -0.39 is 29.3 Å². The van der Waals surface area contributed by atoms with Crippen molar-refractivity contribution >= 4 is 23.3 Å². The molecular weight excluding hydrogens is 402 g/mol. The van der Waals surface area contributed by atoms with Crippen LogP contribution in [0.2, 0.25) is 5.02 Å². The molecule has 0 saturated carbocycles. The molecule has 0 fully saturated rings. The van der Waals surface area contributed by atoms with Gasteiger partial charge < -0.3 is 9.88 Å². The van der Waals surface area contributed by atoms with Crippen molar-refractivity contribution in [3.63, 3.8) is 0 Å². The average molecular weight is 416 g/mol. The lowest BCUT2D eigenvalue weighted by molar-refractivity contribution is -0.141. The van der Waals surface area contributed by atoms with Gasteiger partial charge in [-0.3, -0.25) is 9.48 Å². The van der Waals surface area contributed by atoms with Crippen LogP contribution in [0.15, 0.2) is 30.6 Å². The van der Waals surface area contributed by atoms with E-state index in [0.29, 0.717) is 11.4 Å².